The van der Waals surface area contributed by atoms with Crippen molar-refractivity contribution in [3.8, 4) is 5.75 Å². The number of hydrogen-bond donors (Lipinski definition) is 2. The molecule has 0 aliphatic carbocycles. The van der Waals surface area contributed by atoms with Gasteiger partial charge in [-0.25, -0.2) is 0 Å². The molecule has 3 amide bonds. The molecular formula is C22H25N3O4. The zero-order chi connectivity index (χ0) is 21.0. The van der Waals surface area contributed by atoms with Crippen molar-refractivity contribution in [2.45, 2.75) is 20.3 Å². The van der Waals surface area contributed by atoms with Gasteiger partial charge < -0.3 is 20.3 Å². The number of anilines is 2. The molecule has 1 aliphatic rings. The summed E-state index contributed by atoms with van der Waals surface area (Å²) in [6, 6.07) is 12.4. The molecule has 0 saturated carbocycles. The first kappa shape index (κ1) is 20.4. The summed E-state index contributed by atoms with van der Waals surface area (Å²) in [5.41, 5.74) is 2.67. The van der Waals surface area contributed by atoms with Gasteiger partial charge in [0, 0.05) is 30.8 Å². The first-order chi connectivity index (χ1) is 13.9. The smallest absolute Gasteiger partial charge is 0.251 e. The minimum absolute atomic E-state index is 0.120. The highest BCUT2D eigenvalue weighted by Crippen LogP contribution is 2.34. The van der Waals surface area contributed by atoms with Crippen molar-refractivity contribution >= 4 is 29.1 Å². The molecule has 152 valence electrons. The Kier molecular flexibility index (Phi) is 6.16. The van der Waals surface area contributed by atoms with Crippen LogP contribution in [0, 0.1) is 12.8 Å². The monoisotopic (exact) mass is 395 g/mol. The average molecular weight is 395 g/mol. The van der Waals surface area contributed by atoms with Crippen LogP contribution >= 0.6 is 0 Å². The molecule has 7 heteroatoms. The molecule has 7 nitrogen and oxygen atoms in total. The third-order valence-corrected chi connectivity index (χ3v) is 4.85. The van der Waals surface area contributed by atoms with Gasteiger partial charge >= 0.3 is 0 Å². The summed E-state index contributed by atoms with van der Waals surface area (Å²) < 4.78 is 5.38. The summed E-state index contributed by atoms with van der Waals surface area (Å²) in [5, 5.41) is 5.55. The van der Waals surface area contributed by atoms with Crippen molar-refractivity contribution in [2.24, 2.45) is 5.92 Å². The van der Waals surface area contributed by atoms with Crippen LogP contribution in [0.2, 0.25) is 0 Å². The molecule has 1 atom stereocenters. The Morgan fingerprint density at radius 1 is 1.21 bits per heavy atom. The highest BCUT2D eigenvalue weighted by molar-refractivity contribution is 6.04. The highest BCUT2D eigenvalue weighted by atomic mass is 16.5. The number of aryl methyl sites for hydroxylation is 1. The van der Waals surface area contributed by atoms with Gasteiger partial charge in [0.2, 0.25) is 11.8 Å². The van der Waals surface area contributed by atoms with Crippen LogP contribution < -0.4 is 20.3 Å². The fourth-order valence-electron chi connectivity index (χ4n) is 3.37. The van der Waals surface area contributed by atoms with Crippen molar-refractivity contribution in [3.63, 3.8) is 0 Å². The molecule has 29 heavy (non-hydrogen) atoms. The van der Waals surface area contributed by atoms with E-state index in [0.29, 0.717) is 29.2 Å². The van der Waals surface area contributed by atoms with E-state index >= 15 is 0 Å². The number of methoxy groups -OCH3 is 1. The van der Waals surface area contributed by atoms with Gasteiger partial charge in [0.1, 0.15) is 5.75 Å². The lowest BCUT2D eigenvalue weighted by Crippen LogP contribution is -2.28. The van der Waals surface area contributed by atoms with Crippen molar-refractivity contribution in [3.05, 3.63) is 53.6 Å². The minimum atomic E-state index is -0.485. The Morgan fingerprint density at radius 3 is 2.72 bits per heavy atom. The number of carbonyl (C=O) groups is 3. The predicted octanol–water partition coefficient (Wildman–Crippen LogP) is 2.74. The number of amides is 3. The quantitative estimate of drug-likeness (QED) is 0.787. The van der Waals surface area contributed by atoms with Crippen LogP contribution in [0.15, 0.2) is 42.5 Å². The fraction of sp³-hybridized carbons (Fsp3) is 0.318. The van der Waals surface area contributed by atoms with E-state index in [0.717, 1.165) is 5.56 Å². The van der Waals surface area contributed by atoms with Gasteiger partial charge in [0.15, 0.2) is 0 Å². The molecule has 0 radical (unpaired) electrons. The van der Waals surface area contributed by atoms with Gasteiger partial charge in [0.05, 0.1) is 18.7 Å². The van der Waals surface area contributed by atoms with Crippen molar-refractivity contribution in [1.82, 2.24) is 5.32 Å². The number of ether oxygens (including phenoxy) is 1. The van der Waals surface area contributed by atoms with E-state index in [-0.39, 0.29) is 30.7 Å². The van der Waals surface area contributed by atoms with Crippen LogP contribution in [-0.4, -0.2) is 37.9 Å². The second-order valence-corrected chi connectivity index (χ2v) is 7.01. The number of carbonyl (C=O) groups excluding carboxylic acids is 3. The maximum Gasteiger partial charge on any atom is 0.251 e. The molecule has 1 aliphatic heterocycles. The SMILES string of the molecule is CCNC(=O)c1cccc(NC(=O)C2CC(=O)N(c3cc(C)ccc3OC)C2)c1. The maximum absolute atomic E-state index is 12.7. The summed E-state index contributed by atoms with van der Waals surface area (Å²) in [4.78, 5) is 38.9. The summed E-state index contributed by atoms with van der Waals surface area (Å²) in [7, 11) is 1.56. The zero-order valence-electron chi connectivity index (χ0n) is 16.8. The molecule has 2 N–H and O–H groups in total. The summed E-state index contributed by atoms with van der Waals surface area (Å²) in [5.74, 6) is -0.455. The van der Waals surface area contributed by atoms with Gasteiger partial charge in [0.25, 0.3) is 5.91 Å². The molecule has 0 aromatic heterocycles. The molecule has 0 spiro atoms. The van der Waals surface area contributed by atoms with Crippen LogP contribution in [0.3, 0.4) is 0 Å². The van der Waals surface area contributed by atoms with Crippen LogP contribution in [-0.2, 0) is 9.59 Å². The molecule has 3 rings (SSSR count). The average Bonchev–Trinajstić information content (AvgIpc) is 3.10. The van der Waals surface area contributed by atoms with Gasteiger partial charge in [-0.05, 0) is 49.7 Å². The lowest BCUT2D eigenvalue weighted by Gasteiger charge is -2.20. The number of rotatable bonds is 6. The Balaban J connectivity index is 1.72. The molecule has 1 fully saturated rings. The molecular weight excluding hydrogens is 370 g/mol. The lowest BCUT2D eigenvalue weighted by molar-refractivity contribution is -0.122. The third kappa shape index (κ3) is 4.56. The normalized spacial score (nSPS) is 15.9. The lowest BCUT2D eigenvalue weighted by atomic mass is 10.1. The molecule has 1 unspecified atom stereocenters. The van der Waals surface area contributed by atoms with E-state index in [1.54, 1.807) is 36.3 Å². The van der Waals surface area contributed by atoms with Gasteiger partial charge in [-0.3, -0.25) is 14.4 Å². The van der Waals surface area contributed by atoms with Gasteiger partial charge in [-0.2, -0.15) is 0 Å². The maximum atomic E-state index is 12.7. The number of nitrogens with one attached hydrogen (secondary N) is 2. The van der Waals surface area contributed by atoms with Gasteiger partial charge in [-0.15, -0.1) is 0 Å². The summed E-state index contributed by atoms with van der Waals surface area (Å²) in [6.45, 7) is 4.59. The largest absolute Gasteiger partial charge is 0.495 e. The highest BCUT2D eigenvalue weighted by Gasteiger charge is 2.36. The van der Waals surface area contributed by atoms with E-state index in [4.69, 9.17) is 4.74 Å². The van der Waals surface area contributed by atoms with E-state index in [1.807, 2.05) is 32.0 Å². The first-order valence-electron chi connectivity index (χ1n) is 9.57. The Labute approximate surface area is 170 Å². The summed E-state index contributed by atoms with van der Waals surface area (Å²) in [6.07, 6.45) is 0.124. The molecule has 2 aromatic rings. The Bertz CT molecular complexity index is 941. The topological polar surface area (TPSA) is 87.7 Å². The fourth-order valence-corrected chi connectivity index (χ4v) is 3.37. The predicted molar refractivity (Wildman–Crippen MR) is 111 cm³/mol. The van der Waals surface area contributed by atoms with Crippen molar-refractivity contribution < 1.29 is 19.1 Å². The van der Waals surface area contributed by atoms with E-state index in [9.17, 15) is 14.4 Å². The van der Waals surface area contributed by atoms with Crippen molar-refractivity contribution in [1.29, 1.82) is 0 Å². The van der Waals surface area contributed by atoms with Crippen molar-refractivity contribution in [2.75, 3.05) is 30.4 Å². The van der Waals surface area contributed by atoms with E-state index < -0.39 is 5.92 Å². The second-order valence-electron chi connectivity index (χ2n) is 7.01. The number of hydrogen-bond acceptors (Lipinski definition) is 4. The standard InChI is InChI=1S/C22H25N3O4/c1-4-23-21(27)15-6-5-7-17(11-15)24-22(28)16-12-20(26)25(13-16)18-10-14(2)8-9-19(18)29-3/h5-11,16H,4,12-13H2,1-3H3,(H,23,27)(H,24,28). The molecule has 0 bridgehead atoms. The second kappa shape index (κ2) is 8.77. The number of nitrogens with zero attached hydrogens (tertiary/aromatic N) is 1. The molecule has 1 heterocycles. The minimum Gasteiger partial charge on any atom is -0.495 e. The summed E-state index contributed by atoms with van der Waals surface area (Å²) >= 11 is 0. The van der Waals surface area contributed by atoms with Crippen LogP contribution in [0.1, 0.15) is 29.3 Å². The Hall–Kier alpha value is -3.35. The van der Waals surface area contributed by atoms with E-state index in [2.05, 4.69) is 10.6 Å². The van der Waals surface area contributed by atoms with Gasteiger partial charge in [-0.1, -0.05) is 12.1 Å². The van der Waals surface area contributed by atoms with Crippen LogP contribution in [0.5, 0.6) is 5.75 Å². The van der Waals surface area contributed by atoms with Crippen LogP contribution in [0.25, 0.3) is 0 Å². The molecule has 1 saturated heterocycles. The zero-order valence-corrected chi connectivity index (χ0v) is 16.8. The first-order valence-corrected chi connectivity index (χ1v) is 9.57. The Morgan fingerprint density at radius 2 is 2.00 bits per heavy atom. The third-order valence-electron chi connectivity index (χ3n) is 4.85. The van der Waals surface area contributed by atoms with Crippen LogP contribution in [0.4, 0.5) is 11.4 Å². The number of benzene rings is 2. The molecule has 2 aromatic carbocycles. The van der Waals surface area contributed by atoms with E-state index in [1.165, 1.54) is 0 Å².